The van der Waals surface area contributed by atoms with E-state index in [1.807, 2.05) is 0 Å². The topological polar surface area (TPSA) is 70.6 Å². The fourth-order valence-corrected chi connectivity index (χ4v) is 5.74. The Morgan fingerprint density at radius 1 is 1.22 bits per heavy atom. The number of nitrogens with zero attached hydrogens (tertiary/aromatic N) is 3. The first-order valence-corrected chi connectivity index (χ1v) is 11.4. The summed E-state index contributed by atoms with van der Waals surface area (Å²) in [5.41, 5.74) is 0.122. The molecule has 7 heteroatoms. The van der Waals surface area contributed by atoms with Gasteiger partial charge in [0.05, 0.1) is 0 Å². The molecule has 0 radical (unpaired) electrons. The van der Waals surface area contributed by atoms with Crippen LogP contribution >= 0.6 is 0 Å². The Bertz CT molecular complexity index is 756. The number of amides is 1. The van der Waals surface area contributed by atoms with E-state index in [1.54, 1.807) is 18.3 Å². The molecule has 150 valence electrons. The first kappa shape index (κ1) is 20.3. The minimum atomic E-state index is -3.52. The van der Waals surface area contributed by atoms with Crippen LogP contribution in [0.5, 0.6) is 0 Å². The van der Waals surface area contributed by atoms with Gasteiger partial charge in [0.15, 0.2) is 0 Å². The lowest BCUT2D eigenvalue weighted by molar-refractivity contribution is -0.139. The maximum Gasteiger partial charge on any atom is 0.244 e. The lowest BCUT2D eigenvalue weighted by Crippen LogP contribution is -2.49. The Labute approximate surface area is 163 Å². The van der Waals surface area contributed by atoms with E-state index in [0.717, 1.165) is 25.8 Å². The van der Waals surface area contributed by atoms with Gasteiger partial charge in [-0.25, -0.2) is 8.42 Å². The van der Waals surface area contributed by atoms with E-state index in [2.05, 4.69) is 30.7 Å². The molecule has 2 aliphatic heterocycles. The number of carbonyl (C=O) groups is 1. The molecule has 0 aliphatic carbocycles. The normalized spacial score (nSPS) is 22.9. The highest BCUT2D eigenvalue weighted by molar-refractivity contribution is 7.89. The molecule has 2 aliphatic rings. The monoisotopic (exact) mass is 393 g/mol. The summed E-state index contributed by atoms with van der Waals surface area (Å²) in [5, 5.41) is 0. The molecule has 1 aromatic rings. The van der Waals surface area contributed by atoms with E-state index in [0.29, 0.717) is 32.0 Å². The van der Waals surface area contributed by atoms with Gasteiger partial charge < -0.3 is 4.90 Å². The Hall–Kier alpha value is -1.47. The van der Waals surface area contributed by atoms with Crippen molar-refractivity contribution in [3.63, 3.8) is 0 Å². The summed E-state index contributed by atoms with van der Waals surface area (Å²) in [6.07, 6.45) is 7.31. The molecule has 27 heavy (non-hydrogen) atoms. The molecule has 3 rings (SSSR count). The van der Waals surface area contributed by atoms with Gasteiger partial charge in [-0.15, -0.1) is 0 Å². The van der Waals surface area contributed by atoms with Crippen molar-refractivity contribution in [1.29, 1.82) is 0 Å². The molecule has 2 saturated heterocycles. The lowest BCUT2D eigenvalue weighted by atomic mass is 9.80. The number of rotatable bonds is 5. The largest absolute Gasteiger partial charge is 0.339 e. The minimum absolute atomic E-state index is 0.0707. The van der Waals surface area contributed by atoms with E-state index in [9.17, 15) is 13.2 Å². The molecule has 1 unspecified atom stereocenters. The standard InChI is InChI=1S/C20H31N3O3S/c1-4-20(2,3)18-8-6-12-23(18)19(24)16-9-13-22(14-10-16)27(25,26)17-7-5-11-21-15-17/h5,7,11,15-16,18H,4,6,8-10,12-14H2,1-3H3. The highest BCUT2D eigenvalue weighted by Crippen LogP contribution is 2.37. The van der Waals surface area contributed by atoms with Crippen molar-refractivity contribution in [3.05, 3.63) is 24.5 Å². The molecule has 0 aromatic carbocycles. The molecule has 3 heterocycles. The lowest BCUT2D eigenvalue weighted by Gasteiger charge is -2.40. The summed E-state index contributed by atoms with van der Waals surface area (Å²) in [6, 6.07) is 3.50. The van der Waals surface area contributed by atoms with E-state index in [-0.39, 0.29) is 22.1 Å². The first-order chi connectivity index (χ1) is 12.8. The number of pyridine rings is 1. The highest BCUT2D eigenvalue weighted by atomic mass is 32.2. The zero-order chi connectivity index (χ0) is 19.7. The second-order valence-electron chi connectivity index (χ2n) is 8.40. The molecule has 1 amide bonds. The second-order valence-corrected chi connectivity index (χ2v) is 10.3. The van der Waals surface area contributed by atoms with Crippen LogP contribution < -0.4 is 0 Å². The Morgan fingerprint density at radius 3 is 2.52 bits per heavy atom. The quantitative estimate of drug-likeness (QED) is 0.771. The van der Waals surface area contributed by atoms with Gasteiger partial charge in [-0.2, -0.15) is 4.31 Å². The van der Waals surface area contributed by atoms with E-state index in [1.165, 1.54) is 10.5 Å². The maximum atomic E-state index is 13.1. The first-order valence-electron chi connectivity index (χ1n) is 9.98. The van der Waals surface area contributed by atoms with Gasteiger partial charge in [0.25, 0.3) is 0 Å². The molecular weight excluding hydrogens is 362 g/mol. The van der Waals surface area contributed by atoms with Gasteiger partial charge in [0, 0.05) is 44.0 Å². The molecule has 0 saturated carbocycles. The number of sulfonamides is 1. The van der Waals surface area contributed by atoms with E-state index >= 15 is 0 Å². The van der Waals surface area contributed by atoms with Crippen LogP contribution in [0.25, 0.3) is 0 Å². The summed E-state index contributed by atoms with van der Waals surface area (Å²) >= 11 is 0. The zero-order valence-corrected chi connectivity index (χ0v) is 17.4. The third-order valence-corrected chi connectivity index (χ3v) is 8.31. The minimum Gasteiger partial charge on any atom is -0.339 e. The number of hydrogen-bond acceptors (Lipinski definition) is 4. The van der Waals surface area contributed by atoms with E-state index in [4.69, 9.17) is 0 Å². The molecule has 1 aromatic heterocycles. The van der Waals surface area contributed by atoms with Crippen LogP contribution in [-0.4, -0.2) is 54.2 Å². The van der Waals surface area contributed by atoms with Crippen molar-refractivity contribution >= 4 is 15.9 Å². The molecule has 0 bridgehead atoms. The fourth-order valence-electron chi connectivity index (χ4n) is 4.31. The summed E-state index contributed by atoms with van der Waals surface area (Å²) in [4.78, 5) is 19.4. The van der Waals surface area contributed by atoms with Gasteiger partial charge in [-0.3, -0.25) is 9.78 Å². The van der Waals surface area contributed by atoms with E-state index < -0.39 is 10.0 Å². The SMILES string of the molecule is CCC(C)(C)C1CCCN1C(=O)C1CCN(S(=O)(=O)c2cccnc2)CC1. The van der Waals surface area contributed by atoms with Gasteiger partial charge in [-0.1, -0.05) is 20.8 Å². The summed E-state index contributed by atoms with van der Waals surface area (Å²) < 4.78 is 27.0. The number of aromatic nitrogens is 1. The average Bonchev–Trinajstić information content (AvgIpc) is 3.19. The summed E-state index contributed by atoms with van der Waals surface area (Å²) in [5.74, 6) is 0.149. The predicted octanol–water partition coefficient (Wildman–Crippen LogP) is 2.91. The zero-order valence-electron chi connectivity index (χ0n) is 16.6. The predicted molar refractivity (Wildman–Crippen MR) is 105 cm³/mol. The van der Waals surface area contributed by atoms with Crippen LogP contribution in [-0.2, 0) is 14.8 Å². The second kappa shape index (κ2) is 7.87. The maximum absolute atomic E-state index is 13.1. The van der Waals surface area contributed by atoms with Gasteiger partial charge in [-0.05, 0) is 49.7 Å². The van der Waals surface area contributed by atoms with Crippen molar-refractivity contribution in [3.8, 4) is 0 Å². The van der Waals surface area contributed by atoms with Crippen LogP contribution in [0.4, 0.5) is 0 Å². The van der Waals surface area contributed by atoms with Crippen molar-refractivity contribution in [2.75, 3.05) is 19.6 Å². The van der Waals surface area contributed by atoms with Crippen LogP contribution in [0.3, 0.4) is 0 Å². The van der Waals surface area contributed by atoms with Gasteiger partial charge in [0.2, 0.25) is 15.9 Å². The Balaban J connectivity index is 1.65. The van der Waals surface area contributed by atoms with Crippen LogP contribution in [0, 0.1) is 11.3 Å². The third kappa shape index (κ3) is 4.04. The number of likely N-dealkylation sites (tertiary alicyclic amines) is 1. The molecule has 2 fully saturated rings. The molecule has 6 nitrogen and oxygen atoms in total. The van der Waals surface area contributed by atoms with Crippen LogP contribution in [0.1, 0.15) is 52.9 Å². The van der Waals surface area contributed by atoms with Crippen molar-refractivity contribution in [1.82, 2.24) is 14.2 Å². The molecule has 0 spiro atoms. The fraction of sp³-hybridized carbons (Fsp3) is 0.700. The van der Waals surface area contributed by atoms with Crippen molar-refractivity contribution in [2.24, 2.45) is 11.3 Å². The number of carbonyl (C=O) groups excluding carboxylic acids is 1. The molecular formula is C20H31N3O3S. The average molecular weight is 394 g/mol. The summed E-state index contributed by atoms with van der Waals surface area (Å²) in [6.45, 7) is 8.29. The van der Waals surface area contributed by atoms with Crippen molar-refractivity contribution < 1.29 is 13.2 Å². The Kier molecular flexibility index (Phi) is 5.91. The Morgan fingerprint density at radius 2 is 1.93 bits per heavy atom. The summed E-state index contributed by atoms with van der Waals surface area (Å²) in [7, 11) is -3.52. The number of piperidine rings is 1. The third-order valence-electron chi connectivity index (χ3n) is 6.42. The molecule has 1 atom stereocenters. The van der Waals surface area contributed by atoms with Gasteiger partial charge in [0.1, 0.15) is 4.90 Å². The van der Waals surface area contributed by atoms with Crippen molar-refractivity contribution in [2.45, 2.75) is 63.8 Å². The van der Waals surface area contributed by atoms with Crippen LogP contribution in [0.2, 0.25) is 0 Å². The van der Waals surface area contributed by atoms with Crippen LogP contribution in [0.15, 0.2) is 29.4 Å². The smallest absolute Gasteiger partial charge is 0.244 e. The highest BCUT2D eigenvalue weighted by Gasteiger charge is 2.41. The molecule has 0 N–H and O–H groups in total. The number of hydrogen-bond donors (Lipinski definition) is 0. The van der Waals surface area contributed by atoms with Gasteiger partial charge >= 0.3 is 0 Å².